The molecule has 132 valence electrons. The molecule has 1 atom stereocenters. The largest absolute Gasteiger partial charge is 0.496 e. The van der Waals surface area contributed by atoms with Gasteiger partial charge in [0.25, 0.3) is 0 Å². The SMILES string of the molecule is COc1ccc(CNC(=O)N2CCC([C@H]3CCCO3)CC2)cc1C. The molecule has 2 saturated heterocycles. The van der Waals surface area contributed by atoms with Gasteiger partial charge in [0.1, 0.15) is 5.75 Å². The summed E-state index contributed by atoms with van der Waals surface area (Å²) < 4.78 is 11.1. The minimum absolute atomic E-state index is 0.0364. The van der Waals surface area contributed by atoms with Gasteiger partial charge in [-0.3, -0.25) is 0 Å². The Morgan fingerprint density at radius 3 is 2.75 bits per heavy atom. The van der Waals surface area contributed by atoms with Crippen LogP contribution < -0.4 is 10.1 Å². The van der Waals surface area contributed by atoms with Gasteiger partial charge in [0.05, 0.1) is 13.2 Å². The number of nitrogens with zero attached hydrogens (tertiary/aromatic N) is 1. The van der Waals surface area contributed by atoms with Crippen LogP contribution in [0, 0.1) is 12.8 Å². The predicted molar refractivity (Wildman–Crippen MR) is 93.2 cm³/mol. The lowest BCUT2D eigenvalue weighted by Gasteiger charge is -2.34. The lowest BCUT2D eigenvalue weighted by atomic mass is 9.90. The fourth-order valence-electron chi connectivity index (χ4n) is 3.79. The standard InChI is InChI=1S/C19H28N2O3/c1-14-12-15(5-6-17(14)23-2)13-20-19(22)21-9-7-16(8-10-21)18-4-3-11-24-18/h5-6,12,16,18H,3-4,7-11,13H2,1-2H3,(H,20,22)/t18-/m1/s1. The van der Waals surface area contributed by atoms with E-state index < -0.39 is 0 Å². The van der Waals surface area contributed by atoms with Crippen molar-refractivity contribution in [2.75, 3.05) is 26.8 Å². The summed E-state index contributed by atoms with van der Waals surface area (Å²) in [4.78, 5) is 14.3. The Bertz CT molecular complexity index is 562. The van der Waals surface area contributed by atoms with Gasteiger partial charge in [0.15, 0.2) is 0 Å². The summed E-state index contributed by atoms with van der Waals surface area (Å²) in [5.41, 5.74) is 2.18. The highest BCUT2D eigenvalue weighted by Gasteiger charge is 2.30. The lowest BCUT2D eigenvalue weighted by Crippen LogP contribution is -2.45. The van der Waals surface area contributed by atoms with Crippen LogP contribution in [0.25, 0.3) is 0 Å². The fourth-order valence-corrected chi connectivity index (χ4v) is 3.79. The second-order valence-electron chi connectivity index (χ2n) is 6.84. The quantitative estimate of drug-likeness (QED) is 0.922. The van der Waals surface area contributed by atoms with Crippen LogP contribution in [0.4, 0.5) is 4.79 Å². The first-order chi connectivity index (χ1) is 11.7. The third-order valence-electron chi connectivity index (χ3n) is 5.22. The molecule has 0 aliphatic carbocycles. The van der Waals surface area contributed by atoms with Crippen LogP contribution in [0.5, 0.6) is 5.75 Å². The van der Waals surface area contributed by atoms with Crippen molar-refractivity contribution in [1.29, 1.82) is 0 Å². The van der Waals surface area contributed by atoms with Gasteiger partial charge in [-0.1, -0.05) is 12.1 Å². The van der Waals surface area contributed by atoms with Crippen LogP contribution in [0.3, 0.4) is 0 Å². The van der Waals surface area contributed by atoms with Gasteiger partial charge in [-0.2, -0.15) is 0 Å². The third kappa shape index (κ3) is 4.01. The molecular formula is C19H28N2O3. The van der Waals surface area contributed by atoms with Crippen molar-refractivity contribution in [3.63, 3.8) is 0 Å². The van der Waals surface area contributed by atoms with Gasteiger partial charge in [0, 0.05) is 26.2 Å². The van der Waals surface area contributed by atoms with Crippen molar-refractivity contribution in [3.05, 3.63) is 29.3 Å². The van der Waals surface area contributed by atoms with Gasteiger partial charge in [0.2, 0.25) is 0 Å². The zero-order chi connectivity index (χ0) is 16.9. The topological polar surface area (TPSA) is 50.8 Å². The Balaban J connectivity index is 1.45. The van der Waals surface area contributed by atoms with E-state index in [1.807, 2.05) is 24.0 Å². The van der Waals surface area contributed by atoms with Crippen molar-refractivity contribution in [3.8, 4) is 5.75 Å². The number of methoxy groups -OCH3 is 1. The Hall–Kier alpha value is -1.75. The van der Waals surface area contributed by atoms with E-state index in [9.17, 15) is 4.79 Å². The summed E-state index contributed by atoms with van der Waals surface area (Å²) in [5.74, 6) is 1.50. The molecule has 0 radical (unpaired) electrons. The van der Waals surface area contributed by atoms with Crippen molar-refractivity contribution < 1.29 is 14.3 Å². The zero-order valence-corrected chi connectivity index (χ0v) is 14.7. The highest BCUT2D eigenvalue weighted by Crippen LogP contribution is 2.28. The monoisotopic (exact) mass is 332 g/mol. The van der Waals surface area contributed by atoms with Crippen LogP contribution in [-0.4, -0.2) is 43.8 Å². The van der Waals surface area contributed by atoms with Gasteiger partial charge in [-0.25, -0.2) is 4.79 Å². The molecule has 2 fully saturated rings. The lowest BCUT2D eigenvalue weighted by molar-refractivity contribution is 0.0372. The number of carbonyl (C=O) groups is 1. The third-order valence-corrected chi connectivity index (χ3v) is 5.22. The van der Waals surface area contributed by atoms with E-state index in [4.69, 9.17) is 9.47 Å². The molecule has 5 heteroatoms. The Labute approximate surface area is 144 Å². The molecule has 0 saturated carbocycles. The molecule has 1 N–H and O–H groups in total. The summed E-state index contributed by atoms with van der Waals surface area (Å²) in [5, 5.41) is 3.03. The summed E-state index contributed by atoms with van der Waals surface area (Å²) in [7, 11) is 1.67. The first-order valence-corrected chi connectivity index (χ1v) is 8.95. The number of nitrogens with one attached hydrogen (secondary N) is 1. The number of carbonyl (C=O) groups excluding carboxylic acids is 1. The molecule has 2 aliphatic rings. The van der Waals surface area contributed by atoms with E-state index in [0.717, 1.165) is 49.4 Å². The van der Waals surface area contributed by atoms with Gasteiger partial charge < -0.3 is 19.7 Å². The molecule has 24 heavy (non-hydrogen) atoms. The van der Waals surface area contributed by atoms with E-state index in [0.29, 0.717) is 18.6 Å². The van der Waals surface area contributed by atoms with Gasteiger partial charge in [-0.15, -0.1) is 0 Å². The number of piperidine rings is 1. The number of benzene rings is 1. The van der Waals surface area contributed by atoms with Gasteiger partial charge in [-0.05, 0) is 55.7 Å². The molecule has 0 spiro atoms. The summed E-state index contributed by atoms with van der Waals surface area (Å²) >= 11 is 0. The number of amides is 2. The fraction of sp³-hybridized carbons (Fsp3) is 0.632. The van der Waals surface area contributed by atoms with E-state index in [1.165, 1.54) is 12.8 Å². The van der Waals surface area contributed by atoms with Crippen molar-refractivity contribution >= 4 is 6.03 Å². The number of hydrogen-bond acceptors (Lipinski definition) is 3. The zero-order valence-electron chi connectivity index (χ0n) is 14.7. The van der Waals surface area contributed by atoms with Gasteiger partial charge >= 0.3 is 6.03 Å². The number of ether oxygens (including phenoxy) is 2. The molecule has 0 bridgehead atoms. The van der Waals surface area contributed by atoms with Crippen LogP contribution in [0.1, 0.15) is 36.8 Å². The highest BCUT2D eigenvalue weighted by molar-refractivity contribution is 5.74. The Morgan fingerprint density at radius 2 is 2.12 bits per heavy atom. The number of urea groups is 1. The molecule has 2 aliphatic heterocycles. The molecule has 3 rings (SSSR count). The smallest absolute Gasteiger partial charge is 0.317 e. The first-order valence-electron chi connectivity index (χ1n) is 8.95. The molecule has 5 nitrogen and oxygen atoms in total. The summed E-state index contributed by atoms with van der Waals surface area (Å²) in [6.07, 6.45) is 4.91. The summed E-state index contributed by atoms with van der Waals surface area (Å²) in [6, 6.07) is 6.04. The minimum Gasteiger partial charge on any atom is -0.496 e. The number of hydrogen-bond donors (Lipinski definition) is 1. The Kier molecular flexibility index (Phi) is 5.61. The number of aryl methyl sites for hydroxylation is 1. The molecule has 2 amide bonds. The average molecular weight is 332 g/mol. The van der Waals surface area contributed by atoms with Crippen molar-refractivity contribution in [2.24, 2.45) is 5.92 Å². The van der Waals surface area contributed by atoms with Crippen LogP contribution >= 0.6 is 0 Å². The molecule has 0 unspecified atom stereocenters. The number of rotatable bonds is 4. The van der Waals surface area contributed by atoms with Crippen molar-refractivity contribution in [2.45, 2.75) is 45.3 Å². The maximum Gasteiger partial charge on any atom is 0.317 e. The predicted octanol–water partition coefficient (Wildman–Crippen LogP) is 3.10. The van der Waals surface area contributed by atoms with E-state index in [-0.39, 0.29) is 6.03 Å². The maximum atomic E-state index is 12.4. The van der Waals surface area contributed by atoms with Crippen LogP contribution in [0.15, 0.2) is 18.2 Å². The summed E-state index contributed by atoms with van der Waals surface area (Å²) in [6.45, 7) is 5.14. The average Bonchev–Trinajstić information content (AvgIpc) is 3.14. The van der Waals surface area contributed by atoms with E-state index in [1.54, 1.807) is 7.11 Å². The minimum atomic E-state index is 0.0364. The van der Waals surface area contributed by atoms with Crippen LogP contribution in [-0.2, 0) is 11.3 Å². The van der Waals surface area contributed by atoms with Crippen molar-refractivity contribution in [1.82, 2.24) is 10.2 Å². The normalized spacial score (nSPS) is 21.8. The molecule has 0 aromatic heterocycles. The first kappa shape index (κ1) is 17.1. The maximum absolute atomic E-state index is 12.4. The van der Waals surface area contributed by atoms with Crippen LogP contribution in [0.2, 0.25) is 0 Å². The molecule has 1 aromatic carbocycles. The van der Waals surface area contributed by atoms with E-state index in [2.05, 4.69) is 11.4 Å². The second-order valence-corrected chi connectivity index (χ2v) is 6.84. The second kappa shape index (κ2) is 7.88. The Morgan fingerprint density at radius 1 is 1.33 bits per heavy atom. The highest BCUT2D eigenvalue weighted by atomic mass is 16.5. The molecule has 2 heterocycles. The number of likely N-dealkylation sites (tertiary alicyclic amines) is 1. The van der Waals surface area contributed by atoms with E-state index >= 15 is 0 Å². The molecule has 1 aromatic rings. The molecular weight excluding hydrogens is 304 g/mol.